The molecule has 2 aromatic heterocycles. The van der Waals surface area contributed by atoms with Gasteiger partial charge in [-0.05, 0) is 52.3 Å². The van der Waals surface area contributed by atoms with Crippen molar-refractivity contribution >= 4 is 34.6 Å². The minimum absolute atomic E-state index is 0.0708. The molecule has 2 aliphatic rings. The number of benzene rings is 1. The minimum Gasteiger partial charge on any atom is -0.454 e. The average molecular weight is 505 g/mol. The first-order chi connectivity index (χ1) is 16.9. The van der Waals surface area contributed by atoms with E-state index in [4.69, 9.17) is 9.47 Å². The highest BCUT2D eigenvalue weighted by Crippen LogP contribution is 2.56. The lowest BCUT2D eigenvalue weighted by molar-refractivity contribution is -0.121. The first kappa shape index (κ1) is 23.8. The molecule has 35 heavy (non-hydrogen) atoms. The lowest BCUT2D eigenvalue weighted by Gasteiger charge is -2.54. The lowest BCUT2D eigenvalue weighted by atomic mass is 9.53. The molecule has 0 bridgehead atoms. The maximum absolute atomic E-state index is 13.3. The number of hydrogen-bond donors (Lipinski definition) is 0. The molecule has 0 N–H and O–H groups in total. The Morgan fingerprint density at radius 2 is 1.49 bits per heavy atom. The summed E-state index contributed by atoms with van der Waals surface area (Å²) in [7, 11) is 0. The Morgan fingerprint density at radius 1 is 0.857 bits per heavy atom. The summed E-state index contributed by atoms with van der Waals surface area (Å²) in [5.74, 6) is -0.953. The molecular weight excluding hydrogens is 476 g/mol. The van der Waals surface area contributed by atoms with E-state index in [0.717, 1.165) is 11.1 Å². The molecule has 0 radical (unpaired) electrons. The molecule has 0 aliphatic heterocycles. The Hall–Kier alpha value is -2.96. The van der Waals surface area contributed by atoms with Gasteiger partial charge in [-0.1, -0.05) is 74.5 Å². The summed E-state index contributed by atoms with van der Waals surface area (Å²) in [5.41, 5.74) is 1.95. The van der Waals surface area contributed by atoms with Crippen molar-refractivity contribution in [3.05, 3.63) is 104 Å². The van der Waals surface area contributed by atoms with Gasteiger partial charge in [0.1, 0.15) is 22.0 Å². The molecule has 1 aromatic carbocycles. The first-order valence-corrected chi connectivity index (χ1v) is 13.6. The van der Waals surface area contributed by atoms with Crippen LogP contribution in [0.5, 0.6) is 0 Å². The number of esters is 2. The predicted octanol–water partition coefficient (Wildman–Crippen LogP) is 7.05. The van der Waals surface area contributed by atoms with E-state index < -0.39 is 12.2 Å². The molecule has 5 rings (SSSR count). The van der Waals surface area contributed by atoms with E-state index in [9.17, 15) is 9.59 Å². The third kappa shape index (κ3) is 4.30. The summed E-state index contributed by atoms with van der Waals surface area (Å²) in [6, 6.07) is 15.4. The molecule has 6 atom stereocenters. The van der Waals surface area contributed by atoms with Crippen LogP contribution >= 0.6 is 22.7 Å². The van der Waals surface area contributed by atoms with E-state index in [1.807, 2.05) is 35.0 Å². The van der Waals surface area contributed by atoms with Gasteiger partial charge >= 0.3 is 11.9 Å². The van der Waals surface area contributed by atoms with Crippen LogP contribution in [0.2, 0.25) is 0 Å². The second kappa shape index (κ2) is 9.59. The van der Waals surface area contributed by atoms with Crippen LogP contribution in [0, 0.1) is 24.2 Å². The second-order valence-corrected chi connectivity index (χ2v) is 11.4. The summed E-state index contributed by atoms with van der Waals surface area (Å²) in [4.78, 5) is 27.5. The third-order valence-corrected chi connectivity index (χ3v) is 9.32. The summed E-state index contributed by atoms with van der Waals surface area (Å²) in [5, 5.41) is 3.72. The SMILES string of the molecule is Cc1ccccc1C1C(OC(=O)c2cccs2)C(OC(=O)c2cccs2)C(C)C2(C)C=CC=CC12. The fourth-order valence-corrected chi connectivity index (χ4v) is 6.78. The molecule has 180 valence electrons. The van der Waals surface area contributed by atoms with Crippen molar-refractivity contribution in [3.8, 4) is 0 Å². The highest BCUT2D eigenvalue weighted by molar-refractivity contribution is 7.12. The van der Waals surface area contributed by atoms with E-state index in [1.54, 1.807) is 12.1 Å². The zero-order valence-electron chi connectivity index (χ0n) is 19.9. The fraction of sp³-hybridized carbons (Fsp3) is 0.310. The third-order valence-electron chi connectivity index (χ3n) is 7.62. The molecule has 0 spiro atoms. The molecular formula is C29H28O4S2. The molecule has 6 unspecified atom stereocenters. The molecule has 1 saturated carbocycles. The van der Waals surface area contributed by atoms with E-state index in [1.165, 1.54) is 22.7 Å². The van der Waals surface area contributed by atoms with Crippen molar-refractivity contribution in [1.29, 1.82) is 0 Å². The first-order valence-electron chi connectivity index (χ1n) is 11.8. The van der Waals surface area contributed by atoms with Crippen LogP contribution in [-0.4, -0.2) is 24.1 Å². The number of thiophene rings is 2. The maximum atomic E-state index is 13.3. The van der Waals surface area contributed by atoms with E-state index in [0.29, 0.717) is 9.75 Å². The van der Waals surface area contributed by atoms with E-state index >= 15 is 0 Å². The number of carbonyl (C=O) groups excluding carboxylic acids is 2. The van der Waals surface area contributed by atoms with Crippen LogP contribution in [0.3, 0.4) is 0 Å². The van der Waals surface area contributed by atoms with Crippen molar-refractivity contribution in [2.45, 2.75) is 38.9 Å². The Balaban J connectivity index is 1.62. The Kier molecular flexibility index (Phi) is 6.51. The Labute approximate surface area is 213 Å². The zero-order chi connectivity index (χ0) is 24.6. The van der Waals surface area contributed by atoms with E-state index in [-0.39, 0.29) is 35.1 Å². The van der Waals surface area contributed by atoms with Crippen LogP contribution < -0.4 is 0 Å². The Morgan fingerprint density at radius 3 is 2.09 bits per heavy atom. The fourth-order valence-electron chi connectivity index (χ4n) is 5.57. The lowest BCUT2D eigenvalue weighted by Crippen LogP contribution is -2.57. The van der Waals surface area contributed by atoms with Crippen molar-refractivity contribution < 1.29 is 19.1 Å². The number of aryl methyl sites for hydroxylation is 1. The normalized spacial score (nSPS) is 29.4. The summed E-state index contributed by atoms with van der Waals surface area (Å²) in [6.45, 7) is 6.40. The minimum atomic E-state index is -0.640. The van der Waals surface area contributed by atoms with Gasteiger partial charge in [0.2, 0.25) is 0 Å². The topological polar surface area (TPSA) is 52.6 Å². The molecule has 3 aromatic rings. The van der Waals surface area contributed by atoms with Crippen LogP contribution in [0.1, 0.15) is 50.2 Å². The molecule has 0 saturated heterocycles. The van der Waals surface area contributed by atoms with Gasteiger partial charge in [-0.2, -0.15) is 0 Å². The highest BCUT2D eigenvalue weighted by Gasteiger charge is 2.57. The molecule has 4 nitrogen and oxygen atoms in total. The van der Waals surface area contributed by atoms with Gasteiger partial charge in [-0.25, -0.2) is 9.59 Å². The summed E-state index contributed by atoms with van der Waals surface area (Å²) in [6.07, 6.45) is 7.32. The quantitative estimate of drug-likeness (QED) is 0.349. The second-order valence-electron chi connectivity index (χ2n) is 9.50. The average Bonchev–Trinajstić information content (AvgIpc) is 3.58. The standard InChI is InChI=1S/C29H28O4S2/c1-18-10-4-5-11-20(18)24-21-12-6-7-15-29(21,3)19(2)25(32-27(30)22-13-8-16-34-22)26(24)33-28(31)23-14-9-17-35-23/h4-17,19,21,24-26H,1-3H3. The monoisotopic (exact) mass is 504 g/mol. The van der Waals surface area contributed by atoms with Crippen molar-refractivity contribution in [1.82, 2.24) is 0 Å². The summed E-state index contributed by atoms with van der Waals surface area (Å²) < 4.78 is 12.5. The molecule has 2 heterocycles. The largest absolute Gasteiger partial charge is 0.454 e. The van der Waals surface area contributed by atoms with Crippen LogP contribution in [0.25, 0.3) is 0 Å². The highest BCUT2D eigenvalue weighted by atomic mass is 32.1. The van der Waals surface area contributed by atoms with Gasteiger partial charge < -0.3 is 9.47 Å². The molecule has 6 heteroatoms. The molecule has 2 aliphatic carbocycles. The van der Waals surface area contributed by atoms with Crippen LogP contribution in [0.15, 0.2) is 83.6 Å². The van der Waals surface area contributed by atoms with Crippen molar-refractivity contribution in [2.24, 2.45) is 17.3 Å². The molecule has 1 fully saturated rings. The van der Waals surface area contributed by atoms with Gasteiger partial charge in [0.15, 0.2) is 0 Å². The Bertz CT molecular complexity index is 1260. The zero-order valence-corrected chi connectivity index (χ0v) is 21.6. The number of allylic oxidation sites excluding steroid dienone is 4. The van der Waals surface area contributed by atoms with Gasteiger partial charge in [0.05, 0.1) is 0 Å². The van der Waals surface area contributed by atoms with Gasteiger partial charge in [-0.3, -0.25) is 0 Å². The molecule has 0 amide bonds. The van der Waals surface area contributed by atoms with Gasteiger partial charge in [0.25, 0.3) is 0 Å². The van der Waals surface area contributed by atoms with Crippen LogP contribution in [-0.2, 0) is 9.47 Å². The smallest absolute Gasteiger partial charge is 0.348 e. The number of rotatable bonds is 5. The number of carbonyl (C=O) groups is 2. The van der Waals surface area contributed by atoms with Crippen molar-refractivity contribution in [3.63, 3.8) is 0 Å². The maximum Gasteiger partial charge on any atom is 0.348 e. The number of hydrogen-bond acceptors (Lipinski definition) is 6. The number of fused-ring (bicyclic) bond motifs is 1. The predicted molar refractivity (Wildman–Crippen MR) is 140 cm³/mol. The van der Waals surface area contributed by atoms with Gasteiger partial charge in [0, 0.05) is 11.8 Å². The summed E-state index contributed by atoms with van der Waals surface area (Å²) >= 11 is 2.70. The van der Waals surface area contributed by atoms with Crippen LogP contribution in [0.4, 0.5) is 0 Å². The number of ether oxygens (including phenoxy) is 2. The van der Waals surface area contributed by atoms with E-state index in [2.05, 4.69) is 57.2 Å². The van der Waals surface area contributed by atoms with Gasteiger partial charge in [-0.15, -0.1) is 22.7 Å². The van der Waals surface area contributed by atoms with Crippen molar-refractivity contribution in [2.75, 3.05) is 0 Å².